The summed E-state index contributed by atoms with van der Waals surface area (Å²) in [5.41, 5.74) is 8.70. The smallest absolute Gasteiger partial charge is 0.0372 e. The molecule has 1 aliphatic carbocycles. The number of aryl methyl sites for hydroxylation is 1. The first kappa shape index (κ1) is 14.5. The maximum absolute atomic E-state index is 6.43. The van der Waals surface area contributed by atoms with E-state index in [1.165, 1.54) is 50.5 Å². The molecule has 106 valence electrons. The Morgan fingerprint density at radius 3 is 2.58 bits per heavy atom. The Morgan fingerprint density at radius 2 is 2.00 bits per heavy atom. The average molecular weight is 260 g/mol. The van der Waals surface area contributed by atoms with E-state index in [4.69, 9.17) is 5.73 Å². The van der Waals surface area contributed by atoms with Crippen molar-refractivity contribution in [3.05, 3.63) is 29.6 Å². The first-order chi connectivity index (χ1) is 9.20. The summed E-state index contributed by atoms with van der Waals surface area (Å²) in [7, 11) is 0. The number of hydrogen-bond acceptors (Lipinski definition) is 2. The van der Waals surface area contributed by atoms with Gasteiger partial charge in [0.2, 0.25) is 0 Å². The minimum absolute atomic E-state index is 0.181. The van der Waals surface area contributed by atoms with Gasteiger partial charge in [-0.1, -0.05) is 45.1 Å². The maximum Gasteiger partial charge on any atom is 0.0372 e. The van der Waals surface area contributed by atoms with Gasteiger partial charge in [0.15, 0.2) is 0 Å². The van der Waals surface area contributed by atoms with Crippen molar-refractivity contribution < 1.29 is 0 Å². The van der Waals surface area contributed by atoms with E-state index in [2.05, 4.69) is 24.0 Å². The normalized spacial score (nSPS) is 25.2. The van der Waals surface area contributed by atoms with Crippen molar-refractivity contribution in [3.63, 3.8) is 0 Å². The molecule has 1 atom stereocenters. The molecule has 2 rings (SSSR count). The topological polar surface area (TPSA) is 38.9 Å². The molecule has 1 aromatic heterocycles. The summed E-state index contributed by atoms with van der Waals surface area (Å²) in [6.45, 7) is 4.31. The van der Waals surface area contributed by atoms with Crippen LogP contribution in [0.5, 0.6) is 0 Å². The summed E-state index contributed by atoms with van der Waals surface area (Å²) in [5.74, 6) is 1.61. The fraction of sp³-hybridized carbons (Fsp3) is 0.706. The summed E-state index contributed by atoms with van der Waals surface area (Å²) in [6.07, 6.45) is 11.4. The molecular formula is C17H28N2. The zero-order chi connectivity index (χ0) is 13.7. The first-order valence-corrected chi connectivity index (χ1v) is 7.88. The van der Waals surface area contributed by atoms with E-state index in [0.29, 0.717) is 5.92 Å². The summed E-state index contributed by atoms with van der Waals surface area (Å²) < 4.78 is 0. The fourth-order valence-corrected chi connectivity index (χ4v) is 3.28. The number of hydrogen-bond donors (Lipinski definition) is 1. The molecule has 1 aromatic rings. The molecule has 2 N–H and O–H groups in total. The molecule has 1 unspecified atom stereocenters. The van der Waals surface area contributed by atoms with Gasteiger partial charge in [-0.3, -0.25) is 4.98 Å². The number of unbranched alkanes of at least 4 members (excludes halogenated alkanes) is 1. The fourth-order valence-electron chi connectivity index (χ4n) is 3.28. The molecule has 2 nitrogen and oxygen atoms in total. The second-order valence-electron chi connectivity index (χ2n) is 6.18. The molecule has 1 heterocycles. The molecule has 0 spiro atoms. The third-order valence-electron chi connectivity index (χ3n) is 4.68. The minimum atomic E-state index is 0.181. The van der Waals surface area contributed by atoms with Crippen LogP contribution in [0.25, 0.3) is 0 Å². The van der Waals surface area contributed by atoms with Crippen molar-refractivity contribution in [1.29, 1.82) is 0 Å². The van der Waals surface area contributed by atoms with Crippen LogP contribution in [0.3, 0.4) is 0 Å². The second kappa shape index (κ2) is 7.04. The lowest BCUT2D eigenvalue weighted by Crippen LogP contribution is -2.26. The van der Waals surface area contributed by atoms with Crippen LogP contribution in [0.4, 0.5) is 0 Å². The largest absolute Gasteiger partial charge is 0.324 e. The van der Waals surface area contributed by atoms with Crippen LogP contribution in [0.1, 0.15) is 69.2 Å². The third-order valence-corrected chi connectivity index (χ3v) is 4.68. The summed E-state index contributed by atoms with van der Waals surface area (Å²) >= 11 is 0. The van der Waals surface area contributed by atoms with E-state index in [0.717, 1.165) is 11.6 Å². The zero-order valence-electron chi connectivity index (χ0n) is 12.4. The van der Waals surface area contributed by atoms with Gasteiger partial charge in [0, 0.05) is 17.9 Å². The van der Waals surface area contributed by atoms with E-state index in [-0.39, 0.29) is 6.04 Å². The molecule has 0 bridgehead atoms. The van der Waals surface area contributed by atoms with E-state index in [1.54, 1.807) is 0 Å². The van der Waals surface area contributed by atoms with Gasteiger partial charge in [0.1, 0.15) is 0 Å². The van der Waals surface area contributed by atoms with Crippen LogP contribution < -0.4 is 5.73 Å². The van der Waals surface area contributed by atoms with Gasteiger partial charge >= 0.3 is 0 Å². The Hall–Kier alpha value is -0.890. The predicted molar refractivity (Wildman–Crippen MR) is 80.9 cm³/mol. The van der Waals surface area contributed by atoms with Crippen LogP contribution in [0, 0.1) is 18.8 Å². The third kappa shape index (κ3) is 4.04. The molecule has 0 aliphatic heterocycles. The van der Waals surface area contributed by atoms with E-state index in [1.807, 2.05) is 13.1 Å². The molecule has 1 saturated carbocycles. The Bertz CT molecular complexity index is 363. The van der Waals surface area contributed by atoms with Gasteiger partial charge in [0.05, 0.1) is 0 Å². The van der Waals surface area contributed by atoms with Gasteiger partial charge in [-0.05, 0) is 43.2 Å². The first-order valence-electron chi connectivity index (χ1n) is 7.88. The Labute approximate surface area is 117 Å². The molecule has 0 aromatic carbocycles. The highest BCUT2D eigenvalue weighted by molar-refractivity contribution is 5.17. The molecule has 2 heteroatoms. The van der Waals surface area contributed by atoms with Gasteiger partial charge in [0.25, 0.3) is 0 Å². The van der Waals surface area contributed by atoms with Gasteiger partial charge < -0.3 is 5.73 Å². The quantitative estimate of drug-likeness (QED) is 0.853. The van der Waals surface area contributed by atoms with Crippen molar-refractivity contribution in [2.75, 3.05) is 0 Å². The van der Waals surface area contributed by atoms with Gasteiger partial charge in [-0.25, -0.2) is 0 Å². The Balaban J connectivity index is 1.85. The summed E-state index contributed by atoms with van der Waals surface area (Å²) in [4.78, 5) is 4.37. The van der Waals surface area contributed by atoms with E-state index < -0.39 is 0 Å². The standard InChI is InChI=1S/C17H28N2/c1-3-4-5-14-7-10-15(11-8-14)17(18)16-9-6-13(2)19-12-16/h6,9,12,14-15,17H,3-5,7-8,10-11,18H2,1-2H3. The molecular weight excluding hydrogens is 232 g/mol. The number of rotatable bonds is 5. The number of nitrogens with zero attached hydrogens (tertiary/aromatic N) is 1. The van der Waals surface area contributed by atoms with Crippen LogP contribution in [-0.4, -0.2) is 4.98 Å². The Kier molecular flexibility index (Phi) is 5.38. The van der Waals surface area contributed by atoms with Crippen LogP contribution in [-0.2, 0) is 0 Å². The van der Waals surface area contributed by atoms with Crippen molar-refractivity contribution in [2.24, 2.45) is 17.6 Å². The van der Waals surface area contributed by atoms with Crippen molar-refractivity contribution in [1.82, 2.24) is 4.98 Å². The lowest BCUT2D eigenvalue weighted by atomic mass is 9.76. The summed E-state index contributed by atoms with van der Waals surface area (Å²) in [6, 6.07) is 4.40. The number of aromatic nitrogens is 1. The molecule has 0 radical (unpaired) electrons. The SMILES string of the molecule is CCCCC1CCC(C(N)c2ccc(C)nc2)CC1. The lowest BCUT2D eigenvalue weighted by molar-refractivity contribution is 0.232. The van der Waals surface area contributed by atoms with Gasteiger partial charge in [-0.2, -0.15) is 0 Å². The van der Waals surface area contributed by atoms with E-state index >= 15 is 0 Å². The van der Waals surface area contributed by atoms with Crippen molar-refractivity contribution in [2.45, 2.75) is 64.8 Å². The van der Waals surface area contributed by atoms with Gasteiger partial charge in [-0.15, -0.1) is 0 Å². The van der Waals surface area contributed by atoms with E-state index in [9.17, 15) is 0 Å². The highest BCUT2D eigenvalue weighted by Crippen LogP contribution is 2.37. The molecule has 1 aliphatic rings. The van der Waals surface area contributed by atoms with Crippen molar-refractivity contribution >= 4 is 0 Å². The highest BCUT2D eigenvalue weighted by Gasteiger charge is 2.26. The van der Waals surface area contributed by atoms with Crippen molar-refractivity contribution in [3.8, 4) is 0 Å². The molecule has 1 fully saturated rings. The molecule has 19 heavy (non-hydrogen) atoms. The van der Waals surface area contributed by atoms with Crippen LogP contribution in [0.15, 0.2) is 18.3 Å². The number of pyridine rings is 1. The minimum Gasteiger partial charge on any atom is -0.324 e. The van der Waals surface area contributed by atoms with Crippen LogP contribution >= 0.6 is 0 Å². The lowest BCUT2D eigenvalue weighted by Gasteiger charge is -2.32. The average Bonchev–Trinajstić information content (AvgIpc) is 2.46. The molecule has 0 amide bonds. The number of nitrogens with two attached hydrogens (primary N) is 1. The monoisotopic (exact) mass is 260 g/mol. The Morgan fingerprint density at radius 1 is 1.26 bits per heavy atom. The highest BCUT2D eigenvalue weighted by atomic mass is 14.7. The van der Waals surface area contributed by atoms with Crippen LogP contribution in [0.2, 0.25) is 0 Å². The predicted octanol–water partition coefficient (Wildman–Crippen LogP) is 4.39. The molecule has 0 saturated heterocycles. The maximum atomic E-state index is 6.43. The zero-order valence-corrected chi connectivity index (χ0v) is 12.4. The second-order valence-corrected chi connectivity index (χ2v) is 6.18. The summed E-state index contributed by atoms with van der Waals surface area (Å²) in [5, 5.41) is 0.